The molecular formula is C14H11ClF3N3O2. The smallest absolute Gasteiger partial charge is 0.379 e. The summed E-state index contributed by atoms with van der Waals surface area (Å²) in [5.74, 6) is 0. The molecule has 122 valence electrons. The highest BCUT2D eigenvalue weighted by Gasteiger charge is 2.36. The fourth-order valence-corrected chi connectivity index (χ4v) is 2.21. The summed E-state index contributed by atoms with van der Waals surface area (Å²) in [5.41, 5.74) is -1.23. The Morgan fingerprint density at radius 1 is 1.30 bits per heavy atom. The van der Waals surface area contributed by atoms with Crippen LogP contribution in [0.5, 0.6) is 0 Å². The maximum atomic E-state index is 12.8. The van der Waals surface area contributed by atoms with Crippen LogP contribution in [0.15, 0.2) is 36.5 Å². The third kappa shape index (κ3) is 4.32. The summed E-state index contributed by atoms with van der Waals surface area (Å²) >= 11 is 5.59. The summed E-state index contributed by atoms with van der Waals surface area (Å²) in [6.07, 6.45) is -2.70. The zero-order valence-electron chi connectivity index (χ0n) is 11.6. The number of alkyl halides is 3. The van der Waals surface area contributed by atoms with Gasteiger partial charge in [0.1, 0.15) is 5.69 Å². The van der Waals surface area contributed by atoms with E-state index in [1.54, 1.807) is 24.4 Å². The molecule has 0 aliphatic heterocycles. The van der Waals surface area contributed by atoms with Crippen molar-refractivity contribution in [2.45, 2.75) is 12.6 Å². The molecule has 0 spiro atoms. The number of aromatic nitrogens is 1. The average molecular weight is 346 g/mol. The first-order chi connectivity index (χ1) is 10.8. The summed E-state index contributed by atoms with van der Waals surface area (Å²) < 4.78 is 38.3. The number of hydrogen-bond acceptors (Lipinski definition) is 4. The monoisotopic (exact) mass is 345 g/mol. The fourth-order valence-electron chi connectivity index (χ4n) is 1.94. The van der Waals surface area contributed by atoms with Crippen molar-refractivity contribution in [3.63, 3.8) is 0 Å². The standard InChI is InChI=1S/C14H11ClF3N3O2/c15-11-8-12(20-6-4-9-3-1-2-5-19-9)13(21(22)23)7-10(11)14(16,17)18/h1-3,5,7-8,20H,4,6H2. The zero-order chi connectivity index (χ0) is 17.0. The minimum absolute atomic E-state index is 0.0658. The summed E-state index contributed by atoms with van der Waals surface area (Å²) in [6, 6.07) is 6.67. The molecule has 1 aromatic heterocycles. The Morgan fingerprint density at radius 3 is 2.61 bits per heavy atom. The molecule has 1 aromatic carbocycles. The average Bonchev–Trinajstić information content (AvgIpc) is 2.46. The van der Waals surface area contributed by atoms with Crippen molar-refractivity contribution in [2.75, 3.05) is 11.9 Å². The van der Waals surface area contributed by atoms with Gasteiger partial charge in [-0.05, 0) is 18.2 Å². The lowest BCUT2D eigenvalue weighted by atomic mass is 10.1. The quantitative estimate of drug-likeness (QED) is 0.647. The predicted molar refractivity (Wildman–Crippen MR) is 79.5 cm³/mol. The van der Waals surface area contributed by atoms with E-state index in [0.29, 0.717) is 12.5 Å². The van der Waals surface area contributed by atoms with Gasteiger partial charge >= 0.3 is 6.18 Å². The molecule has 0 amide bonds. The van der Waals surface area contributed by atoms with Crippen molar-refractivity contribution in [2.24, 2.45) is 0 Å². The van der Waals surface area contributed by atoms with Gasteiger partial charge in [0.25, 0.3) is 5.69 Å². The van der Waals surface area contributed by atoms with Crippen LogP contribution in [-0.2, 0) is 12.6 Å². The molecule has 2 aromatic rings. The Labute approximate surface area is 134 Å². The van der Waals surface area contributed by atoms with Crippen molar-refractivity contribution in [3.8, 4) is 0 Å². The normalized spacial score (nSPS) is 11.3. The highest BCUT2D eigenvalue weighted by molar-refractivity contribution is 6.31. The van der Waals surface area contributed by atoms with E-state index in [2.05, 4.69) is 10.3 Å². The predicted octanol–water partition coefficient (Wildman–Crippen LogP) is 4.32. The van der Waals surface area contributed by atoms with Crippen LogP contribution >= 0.6 is 11.6 Å². The zero-order valence-corrected chi connectivity index (χ0v) is 12.4. The first kappa shape index (κ1) is 17.0. The lowest BCUT2D eigenvalue weighted by molar-refractivity contribution is -0.384. The van der Waals surface area contributed by atoms with Gasteiger partial charge < -0.3 is 5.32 Å². The van der Waals surface area contributed by atoms with Crippen LogP contribution in [0.1, 0.15) is 11.3 Å². The first-order valence-corrected chi connectivity index (χ1v) is 6.85. The Hall–Kier alpha value is -2.35. The van der Waals surface area contributed by atoms with Crippen LogP contribution in [0.3, 0.4) is 0 Å². The second kappa shape index (κ2) is 6.82. The number of hydrogen-bond donors (Lipinski definition) is 1. The number of anilines is 1. The summed E-state index contributed by atoms with van der Waals surface area (Å²) in [7, 11) is 0. The molecule has 0 aliphatic carbocycles. The molecule has 1 heterocycles. The molecule has 1 N–H and O–H groups in total. The molecular weight excluding hydrogens is 335 g/mol. The minimum Gasteiger partial charge on any atom is -0.379 e. The molecule has 23 heavy (non-hydrogen) atoms. The van der Waals surface area contributed by atoms with Gasteiger partial charge in [-0.15, -0.1) is 0 Å². The number of rotatable bonds is 5. The third-order valence-electron chi connectivity index (χ3n) is 3.01. The Morgan fingerprint density at radius 2 is 2.04 bits per heavy atom. The Balaban J connectivity index is 2.21. The van der Waals surface area contributed by atoms with Gasteiger partial charge in [0.2, 0.25) is 0 Å². The molecule has 5 nitrogen and oxygen atoms in total. The number of halogens is 4. The van der Waals surface area contributed by atoms with E-state index < -0.39 is 27.4 Å². The molecule has 0 radical (unpaired) electrons. The van der Waals surface area contributed by atoms with Gasteiger partial charge in [0.15, 0.2) is 0 Å². The molecule has 0 bridgehead atoms. The number of pyridine rings is 1. The number of nitro groups is 1. The van der Waals surface area contributed by atoms with Crippen LogP contribution < -0.4 is 5.32 Å². The van der Waals surface area contributed by atoms with Crippen LogP contribution in [-0.4, -0.2) is 16.5 Å². The van der Waals surface area contributed by atoms with Crippen LogP contribution in [0.2, 0.25) is 5.02 Å². The second-order valence-corrected chi connectivity index (χ2v) is 5.01. The van der Waals surface area contributed by atoms with Gasteiger partial charge in [0.05, 0.1) is 15.5 Å². The third-order valence-corrected chi connectivity index (χ3v) is 3.32. The summed E-state index contributed by atoms with van der Waals surface area (Å²) in [5, 5.41) is 13.1. The van der Waals surface area contributed by atoms with E-state index in [1.165, 1.54) is 0 Å². The Kier molecular flexibility index (Phi) is 5.05. The number of nitrogens with zero attached hydrogens (tertiary/aromatic N) is 2. The van der Waals surface area contributed by atoms with Crippen molar-refractivity contribution in [1.29, 1.82) is 0 Å². The van der Waals surface area contributed by atoms with E-state index in [-0.39, 0.29) is 12.2 Å². The number of nitrogens with one attached hydrogen (secondary N) is 1. The molecule has 0 atom stereocenters. The Bertz CT molecular complexity index is 708. The van der Waals surface area contributed by atoms with E-state index in [1.807, 2.05) is 0 Å². The highest BCUT2D eigenvalue weighted by Crippen LogP contribution is 2.40. The van der Waals surface area contributed by atoms with Gasteiger partial charge in [-0.2, -0.15) is 13.2 Å². The van der Waals surface area contributed by atoms with Crippen LogP contribution in [0.4, 0.5) is 24.5 Å². The summed E-state index contributed by atoms with van der Waals surface area (Å²) in [6.45, 7) is 0.263. The molecule has 9 heteroatoms. The van der Waals surface area contributed by atoms with E-state index in [9.17, 15) is 23.3 Å². The lowest BCUT2D eigenvalue weighted by Gasteiger charge is -2.12. The van der Waals surface area contributed by atoms with E-state index in [4.69, 9.17) is 11.6 Å². The number of benzene rings is 1. The van der Waals surface area contributed by atoms with Gasteiger partial charge in [-0.25, -0.2) is 0 Å². The van der Waals surface area contributed by atoms with Crippen molar-refractivity contribution < 1.29 is 18.1 Å². The summed E-state index contributed by atoms with van der Waals surface area (Å²) in [4.78, 5) is 14.2. The largest absolute Gasteiger partial charge is 0.418 e. The molecule has 0 aliphatic rings. The number of nitro benzene ring substituents is 1. The molecule has 2 rings (SSSR count). The van der Waals surface area contributed by atoms with Gasteiger partial charge in [-0.3, -0.25) is 15.1 Å². The first-order valence-electron chi connectivity index (χ1n) is 6.48. The van der Waals surface area contributed by atoms with Gasteiger partial charge in [0, 0.05) is 30.9 Å². The second-order valence-electron chi connectivity index (χ2n) is 4.60. The maximum absolute atomic E-state index is 12.8. The lowest BCUT2D eigenvalue weighted by Crippen LogP contribution is -2.11. The van der Waals surface area contributed by atoms with Crippen molar-refractivity contribution in [3.05, 3.63) is 62.9 Å². The van der Waals surface area contributed by atoms with Crippen molar-refractivity contribution in [1.82, 2.24) is 4.98 Å². The SMILES string of the molecule is O=[N+]([O-])c1cc(C(F)(F)F)c(Cl)cc1NCCc1ccccn1. The van der Waals surface area contributed by atoms with E-state index >= 15 is 0 Å². The fraction of sp³-hybridized carbons (Fsp3) is 0.214. The van der Waals surface area contributed by atoms with Gasteiger partial charge in [-0.1, -0.05) is 17.7 Å². The molecule has 0 unspecified atom stereocenters. The van der Waals surface area contributed by atoms with Crippen LogP contribution in [0, 0.1) is 10.1 Å². The molecule has 0 fully saturated rings. The maximum Gasteiger partial charge on any atom is 0.418 e. The van der Waals surface area contributed by atoms with Crippen LogP contribution in [0.25, 0.3) is 0 Å². The molecule has 0 saturated carbocycles. The molecule has 0 saturated heterocycles. The topological polar surface area (TPSA) is 68.1 Å². The minimum atomic E-state index is -4.76. The van der Waals surface area contributed by atoms with Crippen molar-refractivity contribution >= 4 is 23.0 Å². The van der Waals surface area contributed by atoms with E-state index in [0.717, 1.165) is 11.8 Å². The highest BCUT2D eigenvalue weighted by atomic mass is 35.5.